The van der Waals surface area contributed by atoms with Gasteiger partial charge in [0.15, 0.2) is 0 Å². The largest absolute Gasteiger partial charge is 0.492 e. The zero-order chi connectivity index (χ0) is 18.1. The minimum absolute atomic E-state index is 0.0711. The molecular formula is C17H24ClN3O4. The van der Waals surface area contributed by atoms with Crippen LogP contribution in [0.5, 0.6) is 5.75 Å². The van der Waals surface area contributed by atoms with Crippen LogP contribution in [-0.4, -0.2) is 72.8 Å². The van der Waals surface area contributed by atoms with Crippen LogP contribution in [-0.2, 0) is 4.79 Å². The maximum Gasteiger partial charge on any atom is 0.317 e. The van der Waals surface area contributed by atoms with Crippen LogP contribution in [0, 0.1) is 0 Å². The van der Waals surface area contributed by atoms with Gasteiger partial charge in [0.05, 0.1) is 0 Å². The summed E-state index contributed by atoms with van der Waals surface area (Å²) in [6, 6.07) is 7.15. The summed E-state index contributed by atoms with van der Waals surface area (Å²) in [6.07, 6.45) is 0.519. The van der Waals surface area contributed by atoms with Crippen LogP contribution in [0.4, 0.5) is 4.79 Å². The van der Waals surface area contributed by atoms with Gasteiger partial charge >= 0.3 is 12.0 Å². The van der Waals surface area contributed by atoms with Gasteiger partial charge in [-0.1, -0.05) is 11.6 Å². The van der Waals surface area contributed by atoms with Gasteiger partial charge < -0.3 is 20.1 Å². The number of benzene rings is 1. The minimum atomic E-state index is -0.844. The highest BCUT2D eigenvalue weighted by Gasteiger charge is 2.20. The van der Waals surface area contributed by atoms with Gasteiger partial charge in [-0.3, -0.25) is 9.69 Å². The Morgan fingerprint density at radius 2 is 1.84 bits per heavy atom. The Hall–Kier alpha value is -1.99. The molecule has 0 unspecified atom stereocenters. The number of nitrogens with one attached hydrogen (secondary N) is 1. The molecule has 2 amide bonds. The van der Waals surface area contributed by atoms with E-state index in [1.54, 1.807) is 17.0 Å². The highest BCUT2D eigenvalue weighted by atomic mass is 35.5. The van der Waals surface area contributed by atoms with E-state index in [2.05, 4.69) is 10.2 Å². The van der Waals surface area contributed by atoms with E-state index in [-0.39, 0.29) is 12.5 Å². The van der Waals surface area contributed by atoms with Crippen molar-refractivity contribution < 1.29 is 19.4 Å². The van der Waals surface area contributed by atoms with E-state index in [4.69, 9.17) is 21.4 Å². The van der Waals surface area contributed by atoms with Crippen molar-refractivity contribution >= 4 is 23.6 Å². The first kappa shape index (κ1) is 19.3. The fourth-order valence-electron chi connectivity index (χ4n) is 2.54. The number of rotatable bonds is 8. The molecule has 1 aromatic carbocycles. The Morgan fingerprint density at radius 1 is 1.16 bits per heavy atom. The lowest BCUT2D eigenvalue weighted by molar-refractivity contribution is -0.137. The molecule has 0 saturated carbocycles. The SMILES string of the molecule is O=C(O)CCCNC(=O)N1CCN(CCOc2ccc(Cl)cc2)CC1. The topological polar surface area (TPSA) is 82.1 Å². The Morgan fingerprint density at radius 3 is 2.48 bits per heavy atom. The van der Waals surface area contributed by atoms with Crippen LogP contribution < -0.4 is 10.1 Å². The molecule has 0 spiro atoms. The summed E-state index contributed by atoms with van der Waals surface area (Å²) >= 11 is 5.83. The van der Waals surface area contributed by atoms with Crippen LogP contribution in [0.2, 0.25) is 5.02 Å². The number of urea groups is 1. The zero-order valence-corrected chi connectivity index (χ0v) is 14.9. The van der Waals surface area contributed by atoms with Crippen molar-refractivity contribution in [2.45, 2.75) is 12.8 Å². The zero-order valence-electron chi connectivity index (χ0n) is 14.1. The van der Waals surface area contributed by atoms with E-state index in [0.717, 1.165) is 25.4 Å². The number of carbonyl (C=O) groups excluding carboxylic acids is 1. The summed E-state index contributed by atoms with van der Waals surface area (Å²) in [7, 11) is 0. The number of hydrogen-bond donors (Lipinski definition) is 2. The molecule has 7 nitrogen and oxygen atoms in total. The van der Waals surface area contributed by atoms with Crippen LogP contribution in [0.3, 0.4) is 0 Å². The second-order valence-corrected chi connectivity index (χ2v) is 6.30. The van der Waals surface area contributed by atoms with Crippen LogP contribution >= 0.6 is 11.6 Å². The van der Waals surface area contributed by atoms with Crippen molar-refractivity contribution in [3.05, 3.63) is 29.3 Å². The first-order valence-corrected chi connectivity index (χ1v) is 8.77. The quantitative estimate of drug-likeness (QED) is 0.684. The fourth-order valence-corrected chi connectivity index (χ4v) is 2.67. The monoisotopic (exact) mass is 369 g/mol. The van der Waals surface area contributed by atoms with Gasteiger partial charge in [0, 0.05) is 50.7 Å². The first-order valence-electron chi connectivity index (χ1n) is 8.40. The number of nitrogens with zero attached hydrogens (tertiary/aromatic N) is 2. The average Bonchev–Trinajstić information content (AvgIpc) is 2.61. The smallest absolute Gasteiger partial charge is 0.317 e. The first-order chi connectivity index (χ1) is 12.0. The number of carbonyl (C=O) groups is 2. The van der Waals surface area contributed by atoms with Crippen molar-refractivity contribution in [2.75, 3.05) is 45.9 Å². The maximum atomic E-state index is 12.0. The third-order valence-electron chi connectivity index (χ3n) is 3.99. The van der Waals surface area contributed by atoms with E-state index in [0.29, 0.717) is 37.7 Å². The summed E-state index contributed by atoms with van der Waals surface area (Å²) in [5, 5.41) is 12.0. The van der Waals surface area contributed by atoms with Crippen molar-refractivity contribution in [2.24, 2.45) is 0 Å². The van der Waals surface area contributed by atoms with Gasteiger partial charge in [0.2, 0.25) is 0 Å². The molecule has 0 aliphatic carbocycles. The molecule has 1 aliphatic heterocycles. The third-order valence-corrected chi connectivity index (χ3v) is 4.25. The summed E-state index contributed by atoms with van der Waals surface area (Å²) < 4.78 is 5.68. The van der Waals surface area contributed by atoms with Gasteiger partial charge in [-0.2, -0.15) is 0 Å². The molecule has 0 bridgehead atoms. The summed E-state index contributed by atoms with van der Waals surface area (Å²) in [4.78, 5) is 26.4. The van der Waals surface area contributed by atoms with Crippen LogP contribution in [0.1, 0.15) is 12.8 Å². The standard InChI is InChI=1S/C17H24ClN3O4/c18-14-3-5-15(6-4-14)25-13-12-20-8-10-21(11-9-20)17(24)19-7-1-2-16(22)23/h3-6H,1-2,7-13H2,(H,19,24)(H,22,23). The van der Waals surface area contributed by atoms with E-state index >= 15 is 0 Å². The van der Waals surface area contributed by atoms with Gasteiger partial charge in [-0.25, -0.2) is 4.79 Å². The third kappa shape index (κ3) is 7.19. The molecule has 0 atom stereocenters. The predicted molar refractivity (Wildman–Crippen MR) is 95.2 cm³/mol. The lowest BCUT2D eigenvalue weighted by Gasteiger charge is -2.34. The fraction of sp³-hybridized carbons (Fsp3) is 0.529. The summed E-state index contributed by atoms with van der Waals surface area (Å²) in [6.45, 7) is 4.69. The highest BCUT2D eigenvalue weighted by molar-refractivity contribution is 6.30. The van der Waals surface area contributed by atoms with Crippen LogP contribution in [0.25, 0.3) is 0 Å². The minimum Gasteiger partial charge on any atom is -0.492 e. The lowest BCUT2D eigenvalue weighted by Crippen LogP contribution is -2.52. The van der Waals surface area contributed by atoms with Crippen molar-refractivity contribution in [1.82, 2.24) is 15.1 Å². The number of carboxylic acid groups (broad SMARTS) is 1. The Labute approximate surface area is 152 Å². The average molecular weight is 370 g/mol. The molecule has 2 N–H and O–H groups in total. The van der Waals surface area contributed by atoms with Crippen molar-refractivity contribution in [3.63, 3.8) is 0 Å². The van der Waals surface area contributed by atoms with Gasteiger partial charge in [-0.15, -0.1) is 0 Å². The Balaban J connectivity index is 1.58. The van der Waals surface area contributed by atoms with E-state index in [9.17, 15) is 9.59 Å². The molecule has 0 aromatic heterocycles. The van der Waals surface area contributed by atoms with Crippen molar-refractivity contribution in [1.29, 1.82) is 0 Å². The number of halogens is 1. The number of hydrogen-bond acceptors (Lipinski definition) is 4. The van der Waals surface area contributed by atoms with Gasteiger partial charge in [0.25, 0.3) is 0 Å². The Kier molecular flexibility index (Phi) is 7.81. The molecule has 1 saturated heterocycles. The molecule has 25 heavy (non-hydrogen) atoms. The number of amides is 2. The molecule has 1 aliphatic rings. The van der Waals surface area contributed by atoms with Crippen molar-refractivity contribution in [3.8, 4) is 5.75 Å². The molecular weight excluding hydrogens is 346 g/mol. The molecule has 2 rings (SSSR count). The number of piperazine rings is 1. The van der Waals surface area contributed by atoms with E-state index in [1.165, 1.54) is 0 Å². The normalized spacial score (nSPS) is 15.0. The van der Waals surface area contributed by atoms with E-state index < -0.39 is 5.97 Å². The van der Waals surface area contributed by atoms with Gasteiger partial charge in [0.1, 0.15) is 12.4 Å². The maximum absolute atomic E-state index is 12.0. The highest BCUT2D eigenvalue weighted by Crippen LogP contribution is 2.15. The molecule has 1 heterocycles. The molecule has 0 radical (unpaired) electrons. The van der Waals surface area contributed by atoms with Gasteiger partial charge in [-0.05, 0) is 30.7 Å². The molecule has 138 valence electrons. The Bertz CT molecular complexity index is 560. The molecule has 1 aromatic rings. The van der Waals surface area contributed by atoms with Crippen LogP contribution in [0.15, 0.2) is 24.3 Å². The lowest BCUT2D eigenvalue weighted by atomic mass is 10.3. The molecule has 1 fully saturated rings. The molecule has 8 heteroatoms. The number of ether oxygens (including phenoxy) is 1. The second-order valence-electron chi connectivity index (χ2n) is 5.86. The number of aliphatic carboxylic acids is 1. The van der Waals surface area contributed by atoms with E-state index in [1.807, 2.05) is 12.1 Å². The second kappa shape index (κ2) is 10.1. The number of carboxylic acids is 1. The predicted octanol–water partition coefficient (Wildman–Crippen LogP) is 1.91. The summed E-state index contributed by atoms with van der Waals surface area (Å²) in [5.41, 5.74) is 0. The summed E-state index contributed by atoms with van der Waals surface area (Å²) in [5.74, 6) is -0.0487.